The lowest BCUT2D eigenvalue weighted by molar-refractivity contribution is -0.0886. The number of nitrogens with zero attached hydrogens (tertiary/aromatic N) is 2. The molecule has 2 fully saturated rings. The maximum atomic E-state index is 13.2. The van der Waals surface area contributed by atoms with Gasteiger partial charge in [-0.25, -0.2) is 0 Å². The van der Waals surface area contributed by atoms with Crippen molar-refractivity contribution < 1.29 is 9.90 Å². The molecular weight excluding hydrogens is 316 g/mol. The van der Waals surface area contributed by atoms with Crippen LogP contribution in [0.4, 0.5) is 0 Å². The number of amides is 1. The number of pyridine rings is 1. The molecule has 0 radical (unpaired) electrons. The third-order valence-corrected chi connectivity index (χ3v) is 6.04. The van der Waals surface area contributed by atoms with Crippen LogP contribution in [0.5, 0.6) is 0 Å². The molecule has 2 heterocycles. The van der Waals surface area contributed by atoms with Crippen LogP contribution in [0.3, 0.4) is 0 Å². The van der Waals surface area contributed by atoms with Gasteiger partial charge in [0.2, 0.25) is 0 Å². The van der Waals surface area contributed by atoms with Crippen LogP contribution in [0.2, 0.25) is 0 Å². The van der Waals surface area contributed by atoms with E-state index in [0.29, 0.717) is 35.8 Å². The predicted molar refractivity (Wildman–Crippen MR) is 96.6 cm³/mol. The number of carbonyl (C=O) groups excluding carboxylic acids is 1. The molecule has 2 atom stereocenters. The van der Waals surface area contributed by atoms with E-state index in [9.17, 15) is 14.7 Å². The van der Waals surface area contributed by atoms with Gasteiger partial charge < -0.3 is 14.6 Å². The van der Waals surface area contributed by atoms with Gasteiger partial charge in [0.15, 0.2) is 0 Å². The first kappa shape index (κ1) is 16.3. The van der Waals surface area contributed by atoms with Gasteiger partial charge >= 0.3 is 0 Å². The predicted octanol–water partition coefficient (Wildman–Crippen LogP) is 2.31. The largest absolute Gasteiger partial charge is 0.389 e. The molecule has 0 bridgehead atoms. The van der Waals surface area contributed by atoms with E-state index in [1.165, 1.54) is 4.57 Å². The van der Waals surface area contributed by atoms with Crippen LogP contribution in [0.25, 0.3) is 10.8 Å². The Labute approximate surface area is 146 Å². The van der Waals surface area contributed by atoms with Gasteiger partial charge in [-0.15, -0.1) is 0 Å². The standard InChI is InChI=1S/C20H24N2O3/c1-21-13-17(15-7-2-3-8-16(15)18(21)23)19(24)22-11-10-20(25)9-5-4-6-14(20)12-22/h2-3,7-8,13-14,25H,4-6,9-12H2,1H3/t14-,20-/m1/s1. The maximum Gasteiger partial charge on any atom is 0.258 e. The molecule has 1 aromatic heterocycles. The van der Waals surface area contributed by atoms with Gasteiger partial charge in [0.05, 0.1) is 11.2 Å². The Hall–Kier alpha value is -2.14. The molecule has 5 heteroatoms. The van der Waals surface area contributed by atoms with E-state index in [-0.39, 0.29) is 17.4 Å². The summed E-state index contributed by atoms with van der Waals surface area (Å²) in [4.78, 5) is 27.4. The van der Waals surface area contributed by atoms with Crippen LogP contribution in [0, 0.1) is 5.92 Å². The number of aliphatic hydroxyl groups is 1. The molecule has 0 unspecified atom stereocenters. The maximum absolute atomic E-state index is 13.2. The van der Waals surface area contributed by atoms with Gasteiger partial charge in [0, 0.05) is 43.0 Å². The molecule has 1 aliphatic carbocycles. The molecule has 5 nitrogen and oxygen atoms in total. The fraction of sp³-hybridized carbons (Fsp3) is 0.500. The van der Waals surface area contributed by atoms with Gasteiger partial charge in [-0.2, -0.15) is 0 Å². The average molecular weight is 340 g/mol. The molecule has 4 rings (SSSR count). The molecule has 1 N–H and O–H groups in total. The smallest absolute Gasteiger partial charge is 0.258 e. The first-order chi connectivity index (χ1) is 12.0. The number of fused-ring (bicyclic) bond motifs is 2. The molecule has 1 saturated carbocycles. The van der Waals surface area contributed by atoms with Crippen molar-refractivity contribution in [2.45, 2.75) is 37.7 Å². The molecule has 25 heavy (non-hydrogen) atoms. The number of hydrogen-bond donors (Lipinski definition) is 1. The third-order valence-electron chi connectivity index (χ3n) is 6.04. The minimum Gasteiger partial charge on any atom is -0.389 e. The van der Waals surface area contributed by atoms with Gasteiger partial charge in [0.25, 0.3) is 11.5 Å². The molecule has 1 amide bonds. The zero-order valence-corrected chi connectivity index (χ0v) is 14.6. The zero-order chi connectivity index (χ0) is 17.6. The Balaban J connectivity index is 1.69. The lowest BCUT2D eigenvalue weighted by Gasteiger charge is -2.47. The third kappa shape index (κ3) is 2.67. The quantitative estimate of drug-likeness (QED) is 0.866. The fourth-order valence-electron chi connectivity index (χ4n) is 4.51. The number of piperidine rings is 1. The zero-order valence-electron chi connectivity index (χ0n) is 14.6. The number of aryl methyl sites for hydroxylation is 1. The van der Waals surface area contributed by atoms with Crippen molar-refractivity contribution in [2.75, 3.05) is 13.1 Å². The van der Waals surface area contributed by atoms with Crippen molar-refractivity contribution in [2.24, 2.45) is 13.0 Å². The second-order valence-corrected chi connectivity index (χ2v) is 7.55. The van der Waals surface area contributed by atoms with Crippen molar-refractivity contribution in [3.8, 4) is 0 Å². The van der Waals surface area contributed by atoms with Crippen LogP contribution in [0.15, 0.2) is 35.3 Å². The van der Waals surface area contributed by atoms with Crippen molar-refractivity contribution >= 4 is 16.7 Å². The summed E-state index contributed by atoms with van der Waals surface area (Å²) in [6, 6.07) is 7.28. The van der Waals surface area contributed by atoms with Crippen LogP contribution in [0.1, 0.15) is 42.5 Å². The SMILES string of the molecule is Cn1cc(C(=O)N2CC[C@]3(O)CCCC[C@@H]3C2)c2ccccc2c1=O. The highest BCUT2D eigenvalue weighted by Gasteiger charge is 2.43. The molecule has 2 aromatic rings. The summed E-state index contributed by atoms with van der Waals surface area (Å²) in [6.45, 7) is 1.18. The second kappa shape index (κ2) is 5.99. The summed E-state index contributed by atoms with van der Waals surface area (Å²) in [6.07, 6.45) is 6.32. The number of likely N-dealkylation sites (tertiary alicyclic amines) is 1. The minimum absolute atomic E-state index is 0.0422. The lowest BCUT2D eigenvalue weighted by atomic mass is 9.71. The topological polar surface area (TPSA) is 62.5 Å². The van der Waals surface area contributed by atoms with Gasteiger partial charge in [-0.1, -0.05) is 31.0 Å². The molecule has 1 saturated heterocycles. The summed E-state index contributed by atoms with van der Waals surface area (Å²) < 4.78 is 1.48. The molecule has 1 aromatic carbocycles. The Morgan fingerprint density at radius 2 is 1.96 bits per heavy atom. The number of rotatable bonds is 1. The van der Waals surface area contributed by atoms with Crippen LogP contribution < -0.4 is 5.56 Å². The molecular formula is C20H24N2O3. The molecule has 2 aliphatic rings. The normalized spacial score (nSPS) is 26.5. The summed E-state index contributed by atoms with van der Waals surface area (Å²) in [5.74, 6) is 0.122. The van der Waals surface area contributed by atoms with Crippen LogP contribution in [-0.2, 0) is 7.05 Å². The van der Waals surface area contributed by atoms with E-state index in [2.05, 4.69) is 0 Å². The van der Waals surface area contributed by atoms with Gasteiger partial charge in [-0.3, -0.25) is 9.59 Å². The summed E-state index contributed by atoms with van der Waals surface area (Å²) in [7, 11) is 1.68. The van der Waals surface area contributed by atoms with E-state index in [4.69, 9.17) is 0 Å². The highest BCUT2D eigenvalue weighted by molar-refractivity contribution is 6.06. The highest BCUT2D eigenvalue weighted by atomic mass is 16.3. The summed E-state index contributed by atoms with van der Waals surface area (Å²) >= 11 is 0. The minimum atomic E-state index is -0.597. The fourth-order valence-corrected chi connectivity index (χ4v) is 4.51. The highest BCUT2D eigenvalue weighted by Crippen LogP contribution is 2.40. The Morgan fingerprint density at radius 3 is 2.76 bits per heavy atom. The van der Waals surface area contributed by atoms with E-state index in [0.717, 1.165) is 25.7 Å². The molecule has 1 aliphatic heterocycles. The number of hydrogen-bond acceptors (Lipinski definition) is 3. The van der Waals surface area contributed by atoms with Gasteiger partial charge in [-0.05, 0) is 25.3 Å². The second-order valence-electron chi connectivity index (χ2n) is 7.55. The van der Waals surface area contributed by atoms with Crippen molar-refractivity contribution in [1.82, 2.24) is 9.47 Å². The first-order valence-electron chi connectivity index (χ1n) is 9.10. The first-order valence-corrected chi connectivity index (χ1v) is 9.10. The summed E-state index contributed by atoms with van der Waals surface area (Å²) in [5.41, 5.74) is -0.118. The van der Waals surface area contributed by atoms with Gasteiger partial charge in [0.1, 0.15) is 0 Å². The lowest BCUT2D eigenvalue weighted by Crippen LogP contribution is -2.54. The van der Waals surface area contributed by atoms with Crippen molar-refractivity contribution in [1.29, 1.82) is 0 Å². The van der Waals surface area contributed by atoms with Crippen molar-refractivity contribution in [3.63, 3.8) is 0 Å². The number of carbonyl (C=O) groups is 1. The van der Waals surface area contributed by atoms with Crippen LogP contribution in [-0.4, -0.2) is 39.2 Å². The summed E-state index contributed by atoms with van der Waals surface area (Å²) in [5, 5.41) is 12.1. The van der Waals surface area contributed by atoms with Crippen LogP contribution >= 0.6 is 0 Å². The number of benzene rings is 1. The monoisotopic (exact) mass is 340 g/mol. The molecule has 0 spiro atoms. The van der Waals surface area contributed by atoms with E-state index in [1.54, 1.807) is 19.3 Å². The Kier molecular flexibility index (Phi) is 3.91. The Bertz CT molecular complexity index is 888. The average Bonchev–Trinajstić information content (AvgIpc) is 2.63. The van der Waals surface area contributed by atoms with E-state index >= 15 is 0 Å². The van der Waals surface area contributed by atoms with Crippen molar-refractivity contribution in [3.05, 3.63) is 46.4 Å². The van der Waals surface area contributed by atoms with E-state index in [1.807, 2.05) is 23.1 Å². The molecule has 132 valence electrons. The van der Waals surface area contributed by atoms with E-state index < -0.39 is 5.60 Å². The Morgan fingerprint density at radius 1 is 1.20 bits per heavy atom. The number of aromatic nitrogens is 1.